The maximum Gasteiger partial charge on any atom is 0.255 e. The molecule has 0 radical (unpaired) electrons. The van der Waals surface area contributed by atoms with Crippen LogP contribution in [0.5, 0.6) is 0 Å². The summed E-state index contributed by atoms with van der Waals surface area (Å²) in [5, 5.41) is 3.44. The standard InChI is InChI=1S/C21H21Cl2N3O3/c1-14-4-2-3-5-16(14)20(28)24-13-19(27)25-8-10-26(11-9-25)21(29)17-7-6-15(22)12-18(17)23/h2-7,12H,8-11,13H2,1H3,(H,24,28). The van der Waals surface area contributed by atoms with E-state index in [0.717, 1.165) is 5.56 Å². The van der Waals surface area contributed by atoms with E-state index in [1.807, 2.05) is 19.1 Å². The van der Waals surface area contributed by atoms with Crippen LogP contribution >= 0.6 is 23.2 Å². The molecule has 2 aromatic rings. The highest BCUT2D eigenvalue weighted by molar-refractivity contribution is 6.36. The van der Waals surface area contributed by atoms with Crippen molar-refractivity contribution in [3.63, 3.8) is 0 Å². The van der Waals surface area contributed by atoms with E-state index in [9.17, 15) is 14.4 Å². The van der Waals surface area contributed by atoms with Crippen LogP contribution in [0.1, 0.15) is 26.3 Å². The van der Waals surface area contributed by atoms with E-state index < -0.39 is 0 Å². The van der Waals surface area contributed by atoms with Crippen molar-refractivity contribution in [2.45, 2.75) is 6.92 Å². The van der Waals surface area contributed by atoms with Crippen LogP contribution in [0.4, 0.5) is 0 Å². The maximum absolute atomic E-state index is 12.7. The van der Waals surface area contributed by atoms with E-state index >= 15 is 0 Å². The van der Waals surface area contributed by atoms with E-state index in [4.69, 9.17) is 23.2 Å². The first-order chi connectivity index (χ1) is 13.9. The number of piperazine rings is 1. The third-order valence-corrected chi connectivity index (χ3v) is 5.42. The van der Waals surface area contributed by atoms with Gasteiger partial charge in [0.1, 0.15) is 0 Å². The largest absolute Gasteiger partial charge is 0.343 e. The van der Waals surface area contributed by atoms with Crippen LogP contribution in [0.25, 0.3) is 0 Å². The summed E-state index contributed by atoms with van der Waals surface area (Å²) >= 11 is 12.0. The molecule has 8 heteroatoms. The zero-order valence-electron chi connectivity index (χ0n) is 16.0. The first kappa shape index (κ1) is 21.1. The van der Waals surface area contributed by atoms with Crippen LogP contribution < -0.4 is 5.32 Å². The minimum Gasteiger partial charge on any atom is -0.343 e. The zero-order valence-corrected chi connectivity index (χ0v) is 17.5. The number of rotatable bonds is 4. The Morgan fingerprint density at radius 2 is 1.59 bits per heavy atom. The van der Waals surface area contributed by atoms with Crippen LogP contribution in [-0.2, 0) is 4.79 Å². The predicted molar refractivity (Wildman–Crippen MR) is 112 cm³/mol. The topological polar surface area (TPSA) is 69.7 Å². The molecule has 1 saturated heterocycles. The highest BCUT2D eigenvalue weighted by atomic mass is 35.5. The Bertz CT molecular complexity index is 941. The molecule has 1 heterocycles. The van der Waals surface area contributed by atoms with Gasteiger partial charge in [0, 0.05) is 36.8 Å². The average molecular weight is 434 g/mol. The minimum absolute atomic E-state index is 0.0792. The molecule has 1 N–H and O–H groups in total. The fourth-order valence-corrected chi connectivity index (χ4v) is 3.67. The van der Waals surface area contributed by atoms with Crippen molar-refractivity contribution in [1.29, 1.82) is 0 Å². The summed E-state index contributed by atoms with van der Waals surface area (Å²) in [5.74, 6) is -0.641. The molecule has 152 valence electrons. The van der Waals surface area contributed by atoms with Gasteiger partial charge in [0.25, 0.3) is 11.8 Å². The highest BCUT2D eigenvalue weighted by Gasteiger charge is 2.26. The smallest absolute Gasteiger partial charge is 0.255 e. The molecule has 1 aliphatic rings. The Kier molecular flexibility index (Phi) is 6.77. The molecule has 29 heavy (non-hydrogen) atoms. The van der Waals surface area contributed by atoms with E-state index in [-0.39, 0.29) is 24.3 Å². The molecule has 3 amide bonds. The van der Waals surface area contributed by atoms with Crippen LogP contribution in [0, 0.1) is 6.92 Å². The normalized spacial score (nSPS) is 13.9. The van der Waals surface area contributed by atoms with Gasteiger partial charge in [-0.3, -0.25) is 14.4 Å². The second-order valence-electron chi connectivity index (χ2n) is 6.79. The summed E-state index contributed by atoms with van der Waals surface area (Å²) in [7, 11) is 0. The number of hydrogen-bond acceptors (Lipinski definition) is 3. The number of benzene rings is 2. The van der Waals surface area contributed by atoms with Crippen LogP contribution in [0.15, 0.2) is 42.5 Å². The van der Waals surface area contributed by atoms with Gasteiger partial charge in [-0.05, 0) is 36.8 Å². The molecule has 0 aromatic heterocycles. The summed E-state index contributed by atoms with van der Waals surface area (Å²) in [4.78, 5) is 40.6. The minimum atomic E-state index is -0.275. The Balaban J connectivity index is 1.51. The number of amides is 3. The van der Waals surface area contributed by atoms with Crippen LogP contribution in [0.2, 0.25) is 10.0 Å². The summed E-state index contributed by atoms with van der Waals surface area (Å²) < 4.78 is 0. The van der Waals surface area contributed by atoms with Crippen LogP contribution in [0.3, 0.4) is 0 Å². The molecule has 0 saturated carbocycles. The van der Waals surface area contributed by atoms with Crippen molar-refractivity contribution in [3.05, 3.63) is 69.2 Å². The van der Waals surface area contributed by atoms with Crippen molar-refractivity contribution >= 4 is 40.9 Å². The molecule has 0 unspecified atom stereocenters. The van der Waals surface area contributed by atoms with E-state index in [1.165, 1.54) is 6.07 Å². The van der Waals surface area contributed by atoms with Gasteiger partial charge in [0.05, 0.1) is 17.1 Å². The number of halogens is 2. The van der Waals surface area contributed by atoms with E-state index in [0.29, 0.717) is 47.4 Å². The number of nitrogens with one attached hydrogen (secondary N) is 1. The first-order valence-corrected chi connectivity index (χ1v) is 9.98. The molecule has 0 aliphatic carbocycles. The van der Waals surface area contributed by atoms with Crippen molar-refractivity contribution < 1.29 is 14.4 Å². The third kappa shape index (κ3) is 5.08. The fraction of sp³-hybridized carbons (Fsp3) is 0.286. The molecule has 0 atom stereocenters. The lowest BCUT2D eigenvalue weighted by atomic mass is 10.1. The number of carbonyl (C=O) groups is 3. The zero-order chi connectivity index (χ0) is 21.0. The number of carbonyl (C=O) groups excluding carboxylic acids is 3. The molecule has 2 aromatic carbocycles. The monoisotopic (exact) mass is 433 g/mol. The van der Waals surface area contributed by atoms with Crippen molar-refractivity contribution in [3.8, 4) is 0 Å². The average Bonchev–Trinajstić information content (AvgIpc) is 2.72. The van der Waals surface area contributed by atoms with Crippen LogP contribution in [-0.4, -0.2) is 60.2 Å². The molecular weight excluding hydrogens is 413 g/mol. The Morgan fingerprint density at radius 1 is 0.931 bits per heavy atom. The van der Waals surface area contributed by atoms with Crippen molar-refractivity contribution in [2.24, 2.45) is 0 Å². The third-order valence-electron chi connectivity index (χ3n) is 4.87. The number of nitrogens with zero attached hydrogens (tertiary/aromatic N) is 2. The van der Waals surface area contributed by atoms with E-state index in [2.05, 4.69) is 5.32 Å². The predicted octanol–water partition coefficient (Wildman–Crippen LogP) is 3.02. The van der Waals surface area contributed by atoms with Gasteiger partial charge in [0.15, 0.2) is 0 Å². The van der Waals surface area contributed by atoms with Gasteiger partial charge in [-0.25, -0.2) is 0 Å². The molecular formula is C21H21Cl2N3O3. The van der Waals surface area contributed by atoms with Gasteiger partial charge < -0.3 is 15.1 Å². The highest BCUT2D eigenvalue weighted by Crippen LogP contribution is 2.22. The molecule has 1 fully saturated rings. The maximum atomic E-state index is 12.7. The lowest BCUT2D eigenvalue weighted by molar-refractivity contribution is -0.131. The second kappa shape index (κ2) is 9.29. The molecule has 1 aliphatic heterocycles. The Hall–Kier alpha value is -2.57. The SMILES string of the molecule is Cc1ccccc1C(=O)NCC(=O)N1CCN(C(=O)c2ccc(Cl)cc2Cl)CC1. The molecule has 0 bridgehead atoms. The summed E-state index contributed by atoms with van der Waals surface area (Å²) in [6.07, 6.45) is 0. The molecule has 0 spiro atoms. The van der Waals surface area contributed by atoms with Gasteiger partial charge >= 0.3 is 0 Å². The molecule has 3 rings (SSSR count). The fourth-order valence-electron chi connectivity index (χ4n) is 3.18. The second-order valence-corrected chi connectivity index (χ2v) is 7.64. The lowest BCUT2D eigenvalue weighted by Crippen LogP contribution is -2.52. The van der Waals surface area contributed by atoms with Gasteiger partial charge in [-0.15, -0.1) is 0 Å². The van der Waals surface area contributed by atoms with E-state index in [1.54, 1.807) is 34.1 Å². The van der Waals surface area contributed by atoms with Gasteiger partial charge in [-0.1, -0.05) is 41.4 Å². The summed E-state index contributed by atoms with van der Waals surface area (Å²) in [5.41, 5.74) is 1.79. The van der Waals surface area contributed by atoms with Gasteiger partial charge in [-0.2, -0.15) is 0 Å². The quantitative estimate of drug-likeness (QED) is 0.805. The number of hydrogen-bond donors (Lipinski definition) is 1. The Labute approximate surface area is 179 Å². The summed E-state index contributed by atoms with van der Waals surface area (Å²) in [6.45, 7) is 3.36. The van der Waals surface area contributed by atoms with Gasteiger partial charge in [0.2, 0.25) is 5.91 Å². The Morgan fingerprint density at radius 3 is 2.24 bits per heavy atom. The molecule has 6 nitrogen and oxygen atoms in total. The van der Waals surface area contributed by atoms with Crippen molar-refractivity contribution in [1.82, 2.24) is 15.1 Å². The summed E-state index contributed by atoms with van der Waals surface area (Å²) in [6, 6.07) is 12.0. The van der Waals surface area contributed by atoms with Crippen molar-refractivity contribution in [2.75, 3.05) is 32.7 Å². The lowest BCUT2D eigenvalue weighted by Gasteiger charge is -2.35. The number of aryl methyl sites for hydroxylation is 1. The first-order valence-electron chi connectivity index (χ1n) is 9.22.